The van der Waals surface area contributed by atoms with Crippen molar-refractivity contribution in [1.29, 1.82) is 0 Å². The fraction of sp³-hybridized carbons (Fsp3) is 1.00. The molecule has 1 saturated heterocycles. The first-order valence-corrected chi connectivity index (χ1v) is 6.84. The Morgan fingerprint density at radius 2 is 2.06 bits per heavy atom. The maximum Gasteiger partial charge on any atom is 0.350 e. The molecule has 0 aromatic rings. The Bertz CT molecular complexity index is 321. The van der Waals surface area contributed by atoms with Crippen LogP contribution in [0.25, 0.3) is 0 Å². The Labute approximate surface area is 95.1 Å². The highest BCUT2D eigenvalue weighted by Gasteiger charge is 2.36. The van der Waals surface area contributed by atoms with Crippen LogP contribution in [-0.4, -0.2) is 44.7 Å². The lowest BCUT2D eigenvalue weighted by Gasteiger charge is -2.34. The fourth-order valence-corrected chi connectivity index (χ4v) is 2.97. The normalized spacial score (nSPS) is 25.9. The zero-order valence-electron chi connectivity index (χ0n) is 9.49. The topological polar surface area (TPSA) is 49.4 Å². The lowest BCUT2D eigenvalue weighted by Crippen LogP contribution is -2.47. The molecule has 2 atom stereocenters. The highest BCUT2D eigenvalue weighted by molar-refractivity contribution is 7.89. The number of hydrogen-bond acceptors (Lipinski definition) is 3. The second-order valence-corrected chi connectivity index (χ2v) is 6.05. The summed E-state index contributed by atoms with van der Waals surface area (Å²) in [4.78, 5) is 0. The number of alkyl halides is 2. The van der Waals surface area contributed by atoms with Crippen molar-refractivity contribution >= 4 is 10.0 Å². The van der Waals surface area contributed by atoms with Gasteiger partial charge >= 0.3 is 5.76 Å². The zero-order chi connectivity index (χ0) is 12.3. The summed E-state index contributed by atoms with van der Waals surface area (Å²) in [5.41, 5.74) is 0. The van der Waals surface area contributed by atoms with Crippen LogP contribution >= 0.6 is 0 Å². The van der Waals surface area contributed by atoms with E-state index in [4.69, 9.17) is 0 Å². The minimum Gasteiger partial charge on any atom is -0.317 e. The van der Waals surface area contributed by atoms with E-state index in [2.05, 4.69) is 5.32 Å². The highest BCUT2D eigenvalue weighted by atomic mass is 32.2. The minimum absolute atomic E-state index is 0.104. The summed E-state index contributed by atoms with van der Waals surface area (Å²) < 4.78 is 48.2. The van der Waals surface area contributed by atoms with Crippen LogP contribution in [0.15, 0.2) is 0 Å². The molecule has 16 heavy (non-hydrogen) atoms. The van der Waals surface area contributed by atoms with Crippen LogP contribution < -0.4 is 5.32 Å². The number of nitrogens with zero attached hydrogens (tertiary/aromatic N) is 1. The molecule has 96 valence electrons. The highest BCUT2D eigenvalue weighted by Crippen LogP contribution is 2.24. The molecule has 0 bridgehead atoms. The number of rotatable bonds is 4. The summed E-state index contributed by atoms with van der Waals surface area (Å²) in [7, 11) is -2.62. The summed E-state index contributed by atoms with van der Waals surface area (Å²) in [5.74, 6) is -3.21. The standard InChI is InChI=1S/C9H18F2N2O2S/c1-7(12-2)8-4-3-5-13(6-8)16(14,15)9(10)11/h7-9,12H,3-6H2,1-2H3. The van der Waals surface area contributed by atoms with Crippen molar-refractivity contribution in [2.75, 3.05) is 20.1 Å². The molecular formula is C9H18F2N2O2S. The molecule has 1 N–H and O–H groups in total. The Kier molecular flexibility index (Phi) is 4.63. The summed E-state index contributed by atoms with van der Waals surface area (Å²) >= 11 is 0. The smallest absolute Gasteiger partial charge is 0.317 e. The monoisotopic (exact) mass is 256 g/mol. The number of halogens is 2. The third-order valence-electron chi connectivity index (χ3n) is 3.17. The third kappa shape index (κ3) is 2.89. The van der Waals surface area contributed by atoms with Crippen LogP contribution in [0.1, 0.15) is 19.8 Å². The Hall–Kier alpha value is -0.270. The third-order valence-corrected chi connectivity index (χ3v) is 4.67. The van der Waals surface area contributed by atoms with Crippen LogP contribution in [0, 0.1) is 5.92 Å². The molecule has 1 heterocycles. The van der Waals surface area contributed by atoms with Gasteiger partial charge in [0, 0.05) is 19.1 Å². The summed E-state index contributed by atoms with van der Waals surface area (Å²) in [6, 6.07) is 0.135. The second-order valence-electron chi connectivity index (χ2n) is 4.14. The summed E-state index contributed by atoms with van der Waals surface area (Å²) in [6.07, 6.45) is 1.51. The molecule has 0 aromatic carbocycles. The van der Waals surface area contributed by atoms with E-state index in [0.29, 0.717) is 6.42 Å². The van der Waals surface area contributed by atoms with Crippen molar-refractivity contribution in [1.82, 2.24) is 9.62 Å². The molecule has 1 aliphatic rings. The van der Waals surface area contributed by atoms with Crippen LogP contribution in [0.3, 0.4) is 0 Å². The molecule has 2 unspecified atom stereocenters. The van der Waals surface area contributed by atoms with Crippen LogP contribution in [-0.2, 0) is 10.0 Å². The molecule has 0 spiro atoms. The van der Waals surface area contributed by atoms with E-state index in [-0.39, 0.29) is 25.0 Å². The number of nitrogens with one attached hydrogen (secondary N) is 1. The van der Waals surface area contributed by atoms with Gasteiger partial charge in [-0.05, 0) is 32.7 Å². The van der Waals surface area contributed by atoms with Crippen LogP contribution in [0.2, 0.25) is 0 Å². The predicted octanol–water partition coefficient (Wildman–Crippen LogP) is 0.859. The van der Waals surface area contributed by atoms with Gasteiger partial charge in [-0.25, -0.2) is 8.42 Å². The minimum atomic E-state index is -4.40. The molecule has 0 aromatic heterocycles. The van der Waals surface area contributed by atoms with Crippen LogP contribution in [0.4, 0.5) is 8.78 Å². The van der Waals surface area contributed by atoms with Gasteiger partial charge in [0.1, 0.15) is 0 Å². The van der Waals surface area contributed by atoms with Gasteiger partial charge in [-0.2, -0.15) is 13.1 Å². The van der Waals surface area contributed by atoms with Crippen molar-refractivity contribution in [3.63, 3.8) is 0 Å². The zero-order valence-corrected chi connectivity index (χ0v) is 10.3. The quantitative estimate of drug-likeness (QED) is 0.811. The fourth-order valence-electron chi connectivity index (χ4n) is 1.96. The number of piperidine rings is 1. The lowest BCUT2D eigenvalue weighted by molar-refractivity contribution is 0.189. The number of sulfonamides is 1. The molecule has 0 amide bonds. The Balaban J connectivity index is 2.71. The summed E-state index contributed by atoms with van der Waals surface area (Å²) in [5, 5.41) is 3.03. The van der Waals surface area contributed by atoms with Crippen molar-refractivity contribution in [2.45, 2.75) is 31.6 Å². The Morgan fingerprint density at radius 3 is 2.56 bits per heavy atom. The largest absolute Gasteiger partial charge is 0.350 e. The van der Waals surface area contributed by atoms with E-state index in [9.17, 15) is 17.2 Å². The average molecular weight is 256 g/mol. The van der Waals surface area contributed by atoms with Crippen molar-refractivity contribution in [3.8, 4) is 0 Å². The predicted molar refractivity (Wildman–Crippen MR) is 57.7 cm³/mol. The first-order chi connectivity index (χ1) is 7.39. The lowest BCUT2D eigenvalue weighted by atomic mass is 9.93. The molecule has 1 aliphatic heterocycles. The molecule has 1 fully saturated rings. The van der Waals surface area contributed by atoms with E-state index >= 15 is 0 Å². The van der Waals surface area contributed by atoms with Gasteiger partial charge in [0.2, 0.25) is 0 Å². The van der Waals surface area contributed by atoms with Gasteiger partial charge in [0.25, 0.3) is 10.0 Å². The average Bonchev–Trinajstić information content (AvgIpc) is 2.28. The van der Waals surface area contributed by atoms with E-state index in [1.54, 1.807) is 7.05 Å². The SMILES string of the molecule is CNC(C)C1CCCN(S(=O)(=O)C(F)F)C1. The molecule has 7 heteroatoms. The van der Waals surface area contributed by atoms with Gasteiger partial charge in [-0.15, -0.1) is 0 Å². The van der Waals surface area contributed by atoms with Crippen molar-refractivity contribution < 1.29 is 17.2 Å². The van der Waals surface area contributed by atoms with E-state index in [1.165, 1.54) is 0 Å². The molecule has 0 saturated carbocycles. The Morgan fingerprint density at radius 1 is 1.44 bits per heavy atom. The van der Waals surface area contributed by atoms with Gasteiger partial charge in [-0.1, -0.05) is 0 Å². The van der Waals surface area contributed by atoms with Crippen LogP contribution in [0.5, 0.6) is 0 Å². The van der Waals surface area contributed by atoms with E-state index < -0.39 is 15.8 Å². The maximum atomic E-state index is 12.4. The molecule has 1 rings (SSSR count). The van der Waals surface area contributed by atoms with Crippen molar-refractivity contribution in [3.05, 3.63) is 0 Å². The van der Waals surface area contributed by atoms with Crippen molar-refractivity contribution in [2.24, 2.45) is 5.92 Å². The van der Waals surface area contributed by atoms with Gasteiger partial charge in [-0.3, -0.25) is 0 Å². The first kappa shape index (κ1) is 13.8. The first-order valence-electron chi connectivity index (χ1n) is 5.34. The van der Waals surface area contributed by atoms with E-state index in [1.807, 2.05) is 6.92 Å². The molecule has 0 radical (unpaired) electrons. The number of hydrogen-bond donors (Lipinski definition) is 1. The second kappa shape index (κ2) is 5.37. The molecule has 0 aliphatic carbocycles. The summed E-state index contributed by atoms with van der Waals surface area (Å²) in [6.45, 7) is 2.33. The molecular weight excluding hydrogens is 238 g/mol. The molecule has 4 nitrogen and oxygen atoms in total. The van der Waals surface area contributed by atoms with Gasteiger partial charge in [0.15, 0.2) is 0 Å². The van der Waals surface area contributed by atoms with Gasteiger partial charge in [0.05, 0.1) is 0 Å². The van der Waals surface area contributed by atoms with E-state index in [0.717, 1.165) is 10.7 Å². The van der Waals surface area contributed by atoms with Gasteiger partial charge < -0.3 is 5.32 Å². The maximum absolute atomic E-state index is 12.4.